The summed E-state index contributed by atoms with van der Waals surface area (Å²) in [7, 11) is 0. The zero-order valence-corrected chi connectivity index (χ0v) is 9.62. The van der Waals surface area contributed by atoms with Gasteiger partial charge in [0.25, 0.3) is 0 Å². The third kappa shape index (κ3) is 3.87. The van der Waals surface area contributed by atoms with E-state index in [9.17, 15) is 4.79 Å². The minimum absolute atomic E-state index is 0.0475. The van der Waals surface area contributed by atoms with Gasteiger partial charge in [0.05, 0.1) is 0 Å². The van der Waals surface area contributed by atoms with Crippen LogP contribution in [-0.2, 0) is 0 Å². The summed E-state index contributed by atoms with van der Waals surface area (Å²) in [6, 6.07) is 0. The number of hydrogen-bond acceptors (Lipinski definition) is 4. The Labute approximate surface area is 93.1 Å². The fourth-order valence-electron chi connectivity index (χ4n) is 0.969. The van der Waals surface area contributed by atoms with Crippen LogP contribution in [0.5, 0.6) is 0 Å². The molecule has 0 aliphatic rings. The Morgan fingerprint density at radius 3 is 2.73 bits per heavy atom. The number of carboxylic acids is 1. The Hall–Kier alpha value is -1.10. The van der Waals surface area contributed by atoms with E-state index in [4.69, 9.17) is 5.11 Å². The lowest BCUT2D eigenvalue weighted by Gasteiger charge is -2.05. The monoisotopic (exact) mass is 226 g/mol. The molecule has 0 aliphatic carbocycles. The number of aromatic carboxylic acids is 1. The summed E-state index contributed by atoms with van der Waals surface area (Å²) in [6.45, 7) is 4.27. The number of carboxylic acid groups (broad SMARTS) is 1. The van der Waals surface area contributed by atoms with Gasteiger partial charge in [0.1, 0.15) is 5.03 Å². The van der Waals surface area contributed by atoms with Gasteiger partial charge in [0, 0.05) is 12.4 Å². The first-order valence-corrected chi connectivity index (χ1v) is 5.77. The van der Waals surface area contributed by atoms with Gasteiger partial charge >= 0.3 is 5.97 Å². The molecule has 0 amide bonds. The molecule has 0 aliphatic heterocycles. The molecule has 0 aromatic carbocycles. The minimum atomic E-state index is -1.02. The molecular formula is C10H14N2O2S. The Morgan fingerprint density at radius 1 is 1.47 bits per heavy atom. The number of aromatic nitrogens is 2. The average molecular weight is 226 g/mol. The molecule has 15 heavy (non-hydrogen) atoms. The van der Waals surface area contributed by atoms with E-state index < -0.39 is 5.97 Å². The fourth-order valence-corrected chi connectivity index (χ4v) is 2.16. The highest BCUT2D eigenvalue weighted by Gasteiger charge is 2.12. The Bertz CT molecular complexity index is 342. The maximum absolute atomic E-state index is 10.8. The van der Waals surface area contributed by atoms with Gasteiger partial charge in [-0.05, 0) is 18.1 Å². The molecule has 82 valence electrons. The molecule has 1 aromatic rings. The molecule has 0 unspecified atom stereocenters. The number of nitrogens with zero attached hydrogens (tertiary/aromatic N) is 2. The van der Waals surface area contributed by atoms with Crippen LogP contribution in [0.3, 0.4) is 0 Å². The Kier molecular flexibility index (Phi) is 4.55. The average Bonchev–Trinajstić information content (AvgIpc) is 2.17. The summed E-state index contributed by atoms with van der Waals surface area (Å²) < 4.78 is 0. The van der Waals surface area contributed by atoms with Crippen molar-refractivity contribution in [3.8, 4) is 0 Å². The lowest BCUT2D eigenvalue weighted by molar-refractivity contribution is 0.0685. The summed E-state index contributed by atoms with van der Waals surface area (Å²) in [5, 5.41) is 9.36. The van der Waals surface area contributed by atoms with E-state index in [0.29, 0.717) is 10.9 Å². The molecule has 0 saturated heterocycles. The van der Waals surface area contributed by atoms with Crippen LogP contribution in [0.2, 0.25) is 0 Å². The van der Waals surface area contributed by atoms with Gasteiger partial charge in [-0.1, -0.05) is 13.8 Å². The summed E-state index contributed by atoms with van der Waals surface area (Å²) >= 11 is 1.45. The predicted molar refractivity (Wildman–Crippen MR) is 59.2 cm³/mol. The standard InChI is InChI=1S/C10H14N2O2S/c1-7(2)3-6-15-9-8(10(13)14)11-4-5-12-9/h4-5,7H,3,6H2,1-2H3,(H,13,14). The smallest absolute Gasteiger partial charge is 0.357 e. The van der Waals surface area contributed by atoms with Gasteiger partial charge in [0.15, 0.2) is 5.69 Å². The van der Waals surface area contributed by atoms with E-state index in [-0.39, 0.29) is 5.69 Å². The zero-order chi connectivity index (χ0) is 11.3. The van der Waals surface area contributed by atoms with E-state index in [1.54, 1.807) is 0 Å². The van der Waals surface area contributed by atoms with Gasteiger partial charge in [-0.2, -0.15) is 0 Å². The summed E-state index contributed by atoms with van der Waals surface area (Å²) in [6.07, 6.45) is 3.96. The van der Waals surface area contributed by atoms with Crippen molar-refractivity contribution in [2.45, 2.75) is 25.3 Å². The zero-order valence-electron chi connectivity index (χ0n) is 8.80. The lowest BCUT2D eigenvalue weighted by Crippen LogP contribution is -2.04. The molecule has 0 spiro atoms. The largest absolute Gasteiger partial charge is 0.476 e. The molecule has 0 radical (unpaired) electrons. The van der Waals surface area contributed by atoms with Crippen molar-refractivity contribution in [3.05, 3.63) is 18.1 Å². The van der Waals surface area contributed by atoms with Gasteiger partial charge in [-0.15, -0.1) is 11.8 Å². The molecule has 1 aromatic heterocycles. The topological polar surface area (TPSA) is 63.1 Å². The number of hydrogen-bond donors (Lipinski definition) is 1. The van der Waals surface area contributed by atoms with Crippen molar-refractivity contribution in [2.24, 2.45) is 5.92 Å². The van der Waals surface area contributed by atoms with Crippen LogP contribution in [0.1, 0.15) is 30.8 Å². The molecule has 0 fully saturated rings. The number of thioether (sulfide) groups is 1. The normalized spacial score (nSPS) is 10.6. The first-order chi connectivity index (χ1) is 7.11. The molecule has 0 saturated carbocycles. The first-order valence-electron chi connectivity index (χ1n) is 4.78. The van der Waals surface area contributed by atoms with Crippen LogP contribution >= 0.6 is 11.8 Å². The van der Waals surface area contributed by atoms with Crippen molar-refractivity contribution in [1.29, 1.82) is 0 Å². The fraction of sp³-hybridized carbons (Fsp3) is 0.500. The molecule has 4 nitrogen and oxygen atoms in total. The SMILES string of the molecule is CC(C)CCSc1nccnc1C(=O)O. The Balaban J connectivity index is 2.63. The minimum Gasteiger partial charge on any atom is -0.476 e. The maximum atomic E-state index is 10.8. The van der Waals surface area contributed by atoms with Crippen LogP contribution in [0.25, 0.3) is 0 Å². The lowest BCUT2D eigenvalue weighted by atomic mass is 10.2. The highest BCUT2D eigenvalue weighted by molar-refractivity contribution is 7.99. The summed E-state index contributed by atoms with van der Waals surface area (Å²) in [5.41, 5.74) is 0.0475. The van der Waals surface area contributed by atoms with Crippen molar-refractivity contribution in [2.75, 3.05) is 5.75 Å². The number of rotatable bonds is 5. The highest BCUT2D eigenvalue weighted by Crippen LogP contribution is 2.20. The highest BCUT2D eigenvalue weighted by atomic mass is 32.2. The van der Waals surface area contributed by atoms with E-state index in [0.717, 1.165) is 12.2 Å². The van der Waals surface area contributed by atoms with Gasteiger partial charge in [-0.25, -0.2) is 14.8 Å². The van der Waals surface area contributed by atoms with Gasteiger partial charge < -0.3 is 5.11 Å². The van der Waals surface area contributed by atoms with Crippen LogP contribution in [-0.4, -0.2) is 26.8 Å². The van der Waals surface area contributed by atoms with Crippen molar-refractivity contribution in [3.63, 3.8) is 0 Å². The summed E-state index contributed by atoms with van der Waals surface area (Å²) in [4.78, 5) is 18.6. The van der Waals surface area contributed by atoms with Crippen LogP contribution in [0, 0.1) is 5.92 Å². The second-order valence-electron chi connectivity index (χ2n) is 3.55. The third-order valence-electron chi connectivity index (χ3n) is 1.80. The van der Waals surface area contributed by atoms with Crippen molar-refractivity contribution >= 4 is 17.7 Å². The molecule has 0 atom stereocenters. The van der Waals surface area contributed by atoms with E-state index in [2.05, 4.69) is 23.8 Å². The quantitative estimate of drug-likeness (QED) is 0.780. The Morgan fingerprint density at radius 2 is 2.13 bits per heavy atom. The molecule has 5 heteroatoms. The second kappa shape index (κ2) is 5.70. The van der Waals surface area contributed by atoms with E-state index >= 15 is 0 Å². The van der Waals surface area contributed by atoms with Crippen molar-refractivity contribution < 1.29 is 9.90 Å². The maximum Gasteiger partial charge on any atom is 0.357 e. The molecule has 0 bridgehead atoms. The number of carbonyl (C=O) groups is 1. The van der Waals surface area contributed by atoms with Gasteiger partial charge in [-0.3, -0.25) is 0 Å². The van der Waals surface area contributed by atoms with Crippen LogP contribution in [0.15, 0.2) is 17.4 Å². The summed E-state index contributed by atoms with van der Waals surface area (Å²) in [5.74, 6) is 0.467. The first kappa shape index (κ1) is 12.0. The third-order valence-corrected chi connectivity index (χ3v) is 2.81. The van der Waals surface area contributed by atoms with Gasteiger partial charge in [0.2, 0.25) is 0 Å². The van der Waals surface area contributed by atoms with Crippen molar-refractivity contribution in [1.82, 2.24) is 9.97 Å². The molecular weight excluding hydrogens is 212 g/mol. The molecule has 1 N–H and O–H groups in total. The van der Waals surface area contributed by atoms with Crippen LogP contribution in [0.4, 0.5) is 0 Å². The second-order valence-corrected chi connectivity index (χ2v) is 4.63. The molecule has 1 rings (SSSR count). The van der Waals surface area contributed by atoms with E-state index in [1.807, 2.05) is 0 Å². The van der Waals surface area contributed by atoms with Crippen LogP contribution < -0.4 is 0 Å². The molecule has 1 heterocycles. The predicted octanol–water partition coefficient (Wildman–Crippen LogP) is 2.31. The van der Waals surface area contributed by atoms with E-state index in [1.165, 1.54) is 24.2 Å².